The highest BCUT2D eigenvalue weighted by molar-refractivity contribution is 5.94. The molecule has 10 rings (SSSR count). The van der Waals surface area contributed by atoms with E-state index in [2.05, 4.69) is 56.6 Å². The third-order valence-electron chi connectivity index (χ3n) is 25.3. The van der Waals surface area contributed by atoms with Crippen molar-refractivity contribution in [3.05, 3.63) is 94.6 Å². The number of alkyl carbamates (subject to hydrolysis) is 1. The average Bonchev–Trinajstić information content (AvgIpc) is 0.763. The summed E-state index contributed by atoms with van der Waals surface area (Å²) in [5, 5.41) is 23.2. The van der Waals surface area contributed by atoms with Crippen molar-refractivity contribution in [3.63, 3.8) is 0 Å². The predicted molar refractivity (Wildman–Crippen MR) is 375 cm³/mol. The maximum absolute atomic E-state index is 16.0. The monoisotopic (exact) mass is 1390 g/mol. The fourth-order valence-corrected chi connectivity index (χ4v) is 20.2. The lowest BCUT2D eigenvalue weighted by molar-refractivity contribution is -0.347. The Kier molecular flexibility index (Phi) is 23.5. The predicted octanol–water partition coefficient (Wildman–Crippen LogP) is 12.0. The summed E-state index contributed by atoms with van der Waals surface area (Å²) in [5.41, 5.74) is -5.11. The number of aliphatic hydroxyl groups is 1. The molecule has 0 aromatic heterocycles. The van der Waals surface area contributed by atoms with Crippen LogP contribution in [0.4, 0.5) is 4.79 Å². The molecule has 2 bridgehead atoms. The molecule has 20 heteroatoms. The number of benzene rings is 2. The minimum Gasteiger partial charge on any atom is -0.455 e. The van der Waals surface area contributed by atoms with Gasteiger partial charge in [-0.2, -0.15) is 0 Å². The van der Waals surface area contributed by atoms with Gasteiger partial charge in [0.1, 0.15) is 41.7 Å². The zero-order valence-corrected chi connectivity index (χ0v) is 62.1. The van der Waals surface area contributed by atoms with Gasteiger partial charge in [0.25, 0.3) is 0 Å². The summed E-state index contributed by atoms with van der Waals surface area (Å²) in [6.07, 6.45) is 6.00. The van der Waals surface area contributed by atoms with E-state index in [-0.39, 0.29) is 54.2 Å². The van der Waals surface area contributed by atoms with Gasteiger partial charge in [-0.05, 0) is 161 Å². The van der Waals surface area contributed by atoms with Crippen LogP contribution in [0.1, 0.15) is 208 Å². The van der Waals surface area contributed by atoms with Crippen molar-refractivity contribution in [1.29, 1.82) is 0 Å². The van der Waals surface area contributed by atoms with Crippen LogP contribution in [-0.4, -0.2) is 153 Å². The first-order valence-electron chi connectivity index (χ1n) is 37.1. The first-order valence-corrected chi connectivity index (χ1v) is 37.1. The van der Waals surface area contributed by atoms with Crippen LogP contribution in [-0.2, 0) is 66.6 Å². The summed E-state index contributed by atoms with van der Waals surface area (Å²) < 4.78 is 56.3. The van der Waals surface area contributed by atoms with Gasteiger partial charge in [0.05, 0.1) is 48.7 Å². The van der Waals surface area contributed by atoms with E-state index in [1.807, 2.05) is 0 Å². The molecule has 6 fully saturated rings. The zero-order chi connectivity index (χ0) is 72.5. The highest BCUT2D eigenvalue weighted by Crippen LogP contribution is 2.69. The molecule has 1 saturated heterocycles. The minimum absolute atomic E-state index is 0.0789. The second kappa shape index (κ2) is 30.7. The summed E-state index contributed by atoms with van der Waals surface area (Å²) in [4.78, 5) is 101. The van der Waals surface area contributed by atoms with Crippen LogP contribution in [0.5, 0.6) is 0 Å². The lowest BCUT2D eigenvalue weighted by atomic mass is 9.44. The standard InChI is InChI=1S/C80H115N3O17/c1-47(2)23-22-24-48(3)56-31-32-57-55-30-29-53-43-54(35-37-76(53,11)58(55)36-38-77(56,57)12)94-42-41-81-39-40-82-62(85)33-34-63(86)97-67(65(51-25-18-16-19-26-51)83-73(90)100-74(6,7)8)72(89)96-59-45-80(91)70(98-71(88)52-27-20-17-21-28-52)68-78(13,69(87)66(93-15)64(49(59)4)75(80,9)10)60(92-14)44-61-79(68,46-95-61)99-50(5)84/h16-21,25-29,47-48,54-61,65-68,70,81,91H,22-24,30-46H2,1-15H3,(H,82,85)(H,83,90)/t48-,54+,55?,56-,57?,58?,59+,60+,61-,65+,66-,67-,68+,70+,76+,77-,78-,79+,80-/m1/s1. The van der Waals surface area contributed by atoms with Crippen molar-refractivity contribution < 1.29 is 81.3 Å². The Hall–Kier alpha value is -6.03. The van der Waals surface area contributed by atoms with Gasteiger partial charge in [0.2, 0.25) is 12.0 Å². The van der Waals surface area contributed by atoms with Gasteiger partial charge >= 0.3 is 30.0 Å². The molecule has 4 N–H and O–H groups in total. The Morgan fingerprint density at radius 1 is 0.820 bits per heavy atom. The minimum atomic E-state index is -2.33. The summed E-state index contributed by atoms with van der Waals surface area (Å²) in [6, 6.07) is 14.9. The van der Waals surface area contributed by atoms with Crippen LogP contribution in [0.2, 0.25) is 0 Å². The maximum atomic E-state index is 16.0. The van der Waals surface area contributed by atoms with E-state index >= 15 is 9.59 Å². The van der Waals surface area contributed by atoms with Gasteiger partial charge in [-0.25, -0.2) is 14.4 Å². The summed E-state index contributed by atoms with van der Waals surface area (Å²) in [6.45, 7) is 26.9. The van der Waals surface area contributed by atoms with Crippen LogP contribution in [0.25, 0.3) is 0 Å². The Morgan fingerprint density at radius 2 is 1.53 bits per heavy atom. The van der Waals surface area contributed by atoms with Crippen LogP contribution in [0.15, 0.2) is 83.5 Å². The number of hydrogen-bond donors (Lipinski definition) is 4. The Morgan fingerprint density at radius 3 is 2.18 bits per heavy atom. The third kappa shape index (κ3) is 15.0. The van der Waals surface area contributed by atoms with Crippen molar-refractivity contribution in [2.45, 2.75) is 252 Å². The van der Waals surface area contributed by atoms with E-state index in [0.29, 0.717) is 30.7 Å². The number of amides is 2. The SMILES string of the molecule is CO[C@H]1C(=O)[C@]2(C)[C@@H](OC)C[C@H]3OC[C@@]3(OC(C)=O)[C@H]2[C@H](OC(=O)c2ccccc2)[C@]2(O)C[C@H](OC(=O)[C@H](OC(=O)CCC(=O)NCCNCCO[C@H]3CC[C@@]4(C)C(=CCC5C4CC[C@@]4(C)C5CC[C@@H]4[C@H](C)CCCC(C)C)C3)[C@@H](NC(=O)OC(C)(C)C)c3ccccc3)C(C)=C1C2(C)C. The topological polar surface area (TPSA) is 259 Å². The second-order valence-corrected chi connectivity index (χ2v) is 33.1. The zero-order valence-electron chi connectivity index (χ0n) is 62.1. The molecule has 3 unspecified atom stereocenters. The molecule has 19 atom stereocenters. The highest BCUT2D eigenvalue weighted by atomic mass is 16.6. The second-order valence-electron chi connectivity index (χ2n) is 33.1. The van der Waals surface area contributed by atoms with E-state index in [4.69, 9.17) is 42.6 Å². The normalized spacial score (nSPS) is 34.3. The fourth-order valence-electron chi connectivity index (χ4n) is 20.2. The Balaban J connectivity index is 0.811. The van der Waals surface area contributed by atoms with Crippen molar-refractivity contribution >= 4 is 41.7 Å². The first kappa shape index (κ1) is 76.6. The van der Waals surface area contributed by atoms with Gasteiger partial charge in [-0.1, -0.05) is 128 Å². The number of allylic oxidation sites excluding steroid dienone is 1. The third-order valence-corrected chi connectivity index (χ3v) is 25.3. The Bertz CT molecular complexity index is 3350. The number of carbonyl (C=O) groups is 7. The van der Waals surface area contributed by atoms with Crippen LogP contribution in [0.3, 0.4) is 0 Å². The van der Waals surface area contributed by atoms with E-state index in [1.165, 1.54) is 84.6 Å². The molecule has 5 saturated carbocycles. The largest absolute Gasteiger partial charge is 0.455 e. The number of Topliss-reactive ketones (excluding diaryl/α,β-unsaturated/α-hetero) is 1. The number of carbonyl (C=O) groups excluding carboxylic acids is 7. The van der Waals surface area contributed by atoms with Crippen molar-refractivity contribution in [2.24, 2.45) is 63.1 Å². The molecule has 100 heavy (non-hydrogen) atoms. The quantitative estimate of drug-likeness (QED) is 0.0295. The average molecular weight is 1390 g/mol. The summed E-state index contributed by atoms with van der Waals surface area (Å²) in [5.74, 6) is -1.39. The van der Waals surface area contributed by atoms with E-state index in [1.54, 1.807) is 103 Å². The van der Waals surface area contributed by atoms with E-state index in [0.717, 1.165) is 54.8 Å². The van der Waals surface area contributed by atoms with E-state index in [9.17, 15) is 29.1 Å². The number of rotatable bonds is 26. The Labute approximate surface area is 592 Å². The molecule has 2 aromatic carbocycles. The van der Waals surface area contributed by atoms with Crippen molar-refractivity contribution in [3.8, 4) is 0 Å². The molecule has 8 aliphatic rings. The number of hydrogen-bond acceptors (Lipinski definition) is 18. The van der Waals surface area contributed by atoms with Crippen molar-refractivity contribution in [1.82, 2.24) is 16.0 Å². The molecule has 1 aliphatic heterocycles. The van der Waals surface area contributed by atoms with Gasteiger partial charge in [-0.3, -0.25) is 19.2 Å². The van der Waals surface area contributed by atoms with Crippen LogP contribution >= 0.6 is 0 Å². The van der Waals surface area contributed by atoms with Gasteiger partial charge in [-0.15, -0.1) is 0 Å². The molecule has 0 radical (unpaired) electrons. The van der Waals surface area contributed by atoms with Gasteiger partial charge < -0.3 is 63.7 Å². The molecule has 552 valence electrons. The molecule has 1 heterocycles. The molecule has 2 aromatic rings. The number of fused-ring (bicyclic) bond motifs is 10. The summed E-state index contributed by atoms with van der Waals surface area (Å²) >= 11 is 0. The molecule has 0 spiro atoms. The number of esters is 4. The lowest BCUT2D eigenvalue weighted by Gasteiger charge is -2.67. The fraction of sp³-hybridized carbons (Fsp3) is 0.713. The van der Waals surface area contributed by atoms with Gasteiger partial charge in [0.15, 0.2) is 11.4 Å². The number of methoxy groups -OCH3 is 2. The maximum Gasteiger partial charge on any atom is 0.408 e. The van der Waals surface area contributed by atoms with Gasteiger partial charge in [0, 0.05) is 65.5 Å². The molecule has 20 nitrogen and oxygen atoms in total. The number of ether oxygens (including phenoxy) is 9. The first-order chi connectivity index (χ1) is 47.3. The summed E-state index contributed by atoms with van der Waals surface area (Å²) in [7, 11) is 2.78. The molecule has 7 aliphatic carbocycles. The van der Waals surface area contributed by atoms with Crippen molar-refractivity contribution in [2.75, 3.05) is 47.1 Å². The highest BCUT2D eigenvalue weighted by Gasteiger charge is 2.78. The van der Waals surface area contributed by atoms with Crippen LogP contribution in [0, 0.1) is 63.1 Å². The number of ketones is 1. The number of nitrogens with one attached hydrogen (secondary N) is 3. The smallest absolute Gasteiger partial charge is 0.408 e. The van der Waals surface area contributed by atoms with Crippen LogP contribution < -0.4 is 16.0 Å². The lowest BCUT2D eigenvalue weighted by Crippen LogP contribution is -2.82. The molecular weight excluding hydrogens is 1270 g/mol. The van der Waals surface area contributed by atoms with E-state index < -0.39 is 131 Å². The molecular formula is C80H115N3O17. The molecule has 2 amide bonds.